The van der Waals surface area contributed by atoms with Crippen LogP contribution in [-0.4, -0.2) is 15.0 Å². The van der Waals surface area contributed by atoms with Gasteiger partial charge in [-0.25, -0.2) is 4.98 Å². The minimum atomic E-state index is -0.102. The topological polar surface area (TPSA) is 67.6 Å². The molecule has 90 valence electrons. The molecule has 4 heteroatoms. The van der Waals surface area contributed by atoms with Gasteiger partial charge in [-0.05, 0) is 11.6 Å². The molecule has 0 radical (unpaired) electrons. The molecular weight excluding hydrogens is 224 g/mol. The molecule has 1 unspecified atom stereocenters. The molecule has 0 saturated heterocycles. The van der Waals surface area contributed by atoms with Gasteiger partial charge < -0.3 is 10.7 Å². The second kappa shape index (κ2) is 4.58. The first-order valence-electron chi connectivity index (χ1n) is 5.92. The third-order valence-electron chi connectivity index (χ3n) is 3.03. The zero-order valence-electron chi connectivity index (χ0n) is 9.88. The molecular formula is C14H14N4. The number of nitrogens with one attached hydrogen (secondary N) is 1. The summed E-state index contributed by atoms with van der Waals surface area (Å²) >= 11 is 0. The number of imidazole rings is 1. The van der Waals surface area contributed by atoms with Crippen LogP contribution in [-0.2, 0) is 6.42 Å². The quantitative estimate of drug-likeness (QED) is 0.735. The smallest absolute Gasteiger partial charge is 0.107 e. The van der Waals surface area contributed by atoms with E-state index < -0.39 is 0 Å². The van der Waals surface area contributed by atoms with E-state index in [1.807, 2.05) is 36.5 Å². The minimum absolute atomic E-state index is 0.102. The van der Waals surface area contributed by atoms with Crippen LogP contribution in [0.1, 0.15) is 17.4 Å². The Balaban J connectivity index is 1.98. The number of H-pyrrole nitrogens is 1. The standard InChI is InChI=1S/C14H14N4/c15-12(9-13-16-7-8-17-13)11-5-1-3-10-4-2-6-18-14(10)11/h1-8,12H,9,15H2,(H,16,17). The second-order valence-corrected chi connectivity index (χ2v) is 4.27. The van der Waals surface area contributed by atoms with Crippen molar-refractivity contribution >= 4 is 10.9 Å². The highest BCUT2D eigenvalue weighted by Gasteiger charge is 2.12. The van der Waals surface area contributed by atoms with Crippen molar-refractivity contribution in [2.45, 2.75) is 12.5 Å². The molecule has 3 rings (SSSR count). The highest BCUT2D eigenvalue weighted by atomic mass is 14.9. The molecule has 3 aromatic rings. The number of aromatic nitrogens is 3. The van der Waals surface area contributed by atoms with Crippen LogP contribution >= 0.6 is 0 Å². The molecule has 0 bridgehead atoms. The zero-order chi connectivity index (χ0) is 12.4. The van der Waals surface area contributed by atoms with E-state index in [2.05, 4.69) is 15.0 Å². The number of rotatable bonds is 3. The molecule has 0 fully saturated rings. The van der Waals surface area contributed by atoms with E-state index in [4.69, 9.17) is 5.73 Å². The third-order valence-corrected chi connectivity index (χ3v) is 3.03. The van der Waals surface area contributed by atoms with E-state index in [1.165, 1.54) is 0 Å². The monoisotopic (exact) mass is 238 g/mol. The van der Waals surface area contributed by atoms with Gasteiger partial charge in [-0.2, -0.15) is 0 Å². The number of fused-ring (bicyclic) bond motifs is 1. The largest absolute Gasteiger partial charge is 0.349 e. The maximum absolute atomic E-state index is 6.25. The van der Waals surface area contributed by atoms with Crippen LogP contribution < -0.4 is 5.73 Å². The number of para-hydroxylation sites is 1. The predicted octanol–water partition coefficient (Wildman–Crippen LogP) is 2.20. The second-order valence-electron chi connectivity index (χ2n) is 4.27. The van der Waals surface area contributed by atoms with Gasteiger partial charge in [-0.3, -0.25) is 4.98 Å². The van der Waals surface area contributed by atoms with E-state index in [9.17, 15) is 0 Å². The number of aromatic amines is 1. The summed E-state index contributed by atoms with van der Waals surface area (Å²) in [5.41, 5.74) is 8.28. The van der Waals surface area contributed by atoms with Gasteiger partial charge in [0.2, 0.25) is 0 Å². The summed E-state index contributed by atoms with van der Waals surface area (Å²) in [5.74, 6) is 0.899. The summed E-state index contributed by atoms with van der Waals surface area (Å²) in [6.45, 7) is 0. The summed E-state index contributed by atoms with van der Waals surface area (Å²) in [6, 6.07) is 9.97. The van der Waals surface area contributed by atoms with Gasteiger partial charge in [0.15, 0.2) is 0 Å². The number of hydrogen-bond donors (Lipinski definition) is 2. The highest BCUT2D eigenvalue weighted by Crippen LogP contribution is 2.22. The Bertz CT molecular complexity index is 640. The predicted molar refractivity (Wildman–Crippen MR) is 71.0 cm³/mol. The lowest BCUT2D eigenvalue weighted by molar-refractivity contribution is 0.698. The number of nitrogens with zero attached hydrogens (tertiary/aromatic N) is 2. The highest BCUT2D eigenvalue weighted by molar-refractivity contribution is 5.81. The Morgan fingerprint density at radius 2 is 2.00 bits per heavy atom. The summed E-state index contributed by atoms with van der Waals surface area (Å²) in [7, 11) is 0. The Kier molecular flexibility index (Phi) is 2.78. The van der Waals surface area contributed by atoms with Crippen LogP contribution in [0, 0.1) is 0 Å². The lowest BCUT2D eigenvalue weighted by Crippen LogP contribution is -2.14. The van der Waals surface area contributed by atoms with Gasteiger partial charge in [0, 0.05) is 36.4 Å². The fourth-order valence-corrected chi connectivity index (χ4v) is 2.15. The summed E-state index contributed by atoms with van der Waals surface area (Å²) in [5, 5.41) is 1.12. The first-order chi connectivity index (χ1) is 8.84. The van der Waals surface area contributed by atoms with Crippen molar-refractivity contribution < 1.29 is 0 Å². The van der Waals surface area contributed by atoms with Crippen molar-refractivity contribution in [3.05, 3.63) is 60.3 Å². The number of nitrogens with two attached hydrogens (primary N) is 1. The van der Waals surface area contributed by atoms with Crippen LogP contribution in [0.25, 0.3) is 10.9 Å². The van der Waals surface area contributed by atoms with Gasteiger partial charge in [0.1, 0.15) is 5.82 Å². The van der Waals surface area contributed by atoms with E-state index in [1.54, 1.807) is 12.4 Å². The molecule has 3 N–H and O–H groups in total. The molecule has 0 aliphatic carbocycles. The maximum Gasteiger partial charge on any atom is 0.107 e. The van der Waals surface area contributed by atoms with E-state index in [-0.39, 0.29) is 6.04 Å². The molecule has 0 aliphatic rings. The summed E-state index contributed by atoms with van der Waals surface area (Å²) < 4.78 is 0. The van der Waals surface area contributed by atoms with E-state index in [0.717, 1.165) is 22.3 Å². The SMILES string of the molecule is NC(Cc1ncc[nH]1)c1cccc2cccnc12. The molecule has 0 aliphatic heterocycles. The molecule has 2 heterocycles. The first kappa shape index (κ1) is 10.9. The van der Waals surface area contributed by atoms with Crippen molar-refractivity contribution in [3.8, 4) is 0 Å². The first-order valence-corrected chi connectivity index (χ1v) is 5.92. The maximum atomic E-state index is 6.25. The van der Waals surface area contributed by atoms with Crippen molar-refractivity contribution in [1.29, 1.82) is 0 Å². The normalized spacial score (nSPS) is 12.7. The molecule has 0 spiro atoms. The zero-order valence-corrected chi connectivity index (χ0v) is 9.88. The lowest BCUT2D eigenvalue weighted by Gasteiger charge is -2.12. The average molecular weight is 238 g/mol. The van der Waals surface area contributed by atoms with Crippen molar-refractivity contribution in [1.82, 2.24) is 15.0 Å². The van der Waals surface area contributed by atoms with Gasteiger partial charge in [0.25, 0.3) is 0 Å². The average Bonchev–Trinajstić information content (AvgIpc) is 2.91. The Morgan fingerprint density at radius 3 is 2.83 bits per heavy atom. The fraction of sp³-hybridized carbons (Fsp3) is 0.143. The molecule has 4 nitrogen and oxygen atoms in total. The molecule has 2 aromatic heterocycles. The van der Waals surface area contributed by atoms with Gasteiger partial charge in [0.05, 0.1) is 5.52 Å². The molecule has 18 heavy (non-hydrogen) atoms. The molecule has 0 amide bonds. The van der Waals surface area contributed by atoms with Crippen molar-refractivity contribution in [3.63, 3.8) is 0 Å². The van der Waals surface area contributed by atoms with Crippen molar-refractivity contribution in [2.75, 3.05) is 0 Å². The van der Waals surface area contributed by atoms with Crippen LogP contribution in [0.4, 0.5) is 0 Å². The number of hydrogen-bond acceptors (Lipinski definition) is 3. The molecule has 1 aromatic carbocycles. The Hall–Kier alpha value is -2.20. The van der Waals surface area contributed by atoms with Crippen LogP contribution in [0.2, 0.25) is 0 Å². The Labute approximate surface area is 105 Å². The van der Waals surface area contributed by atoms with E-state index in [0.29, 0.717) is 6.42 Å². The minimum Gasteiger partial charge on any atom is -0.349 e. The lowest BCUT2D eigenvalue weighted by atomic mass is 10.0. The van der Waals surface area contributed by atoms with Gasteiger partial charge >= 0.3 is 0 Å². The number of benzene rings is 1. The van der Waals surface area contributed by atoms with E-state index >= 15 is 0 Å². The van der Waals surface area contributed by atoms with Crippen molar-refractivity contribution in [2.24, 2.45) is 5.73 Å². The van der Waals surface area contributed by atoms with Crippen LogP contribution in [0.5, 0.6) is 0 Å². The number of pyridine rings is 1. The van der Waals surface area contributed by atoms with Gasteiger partial charge in [-0.1, -0.05) is 24.3 Å². The van der Waals surface area contributed by atoms with Crippen LogP contribution in [0.3, 0.4) is 0 Å². The van der Waals surface area contributed by atoms with Crippen LogP contribution in [0.15, 0.2) is 48.9 Å². The fourth-order valence-electron chi connectivity index (χ4n) is 2.15. The summed E-state index contributed by atoms with van der Waals surface area (Å²) in [6.07, 6.45) is 6.03. The van der Waals surface area contributed by atoms with Gasteiger partial charge in [-0.15, -0.1) is 0 Å². The summed E-state index contributed by atoms with van der Waals surface area (Å²) in [4.78, 5) is 11.7. The third kappa shape index (κ3) is 1.98. The molecule has 1 atom stereocenters. The Morgan fingerprint density at radius 1 is 1.11 bits per heavy atom. The molecule has 0 saturated carbocycles.